The molecular weight excluding hydrogens is 230 g/mol. The second-order valence-corrected chi connectivity index (χ2v) is 5.97. The van der Waals surface area contributed by atoms with Crippen LogP contribution in [-0.2, 0) is 4.79 Å². The van der Waals surface area contributed by atoms with E-state index in [0.29, 0.717) is 12.0 Å². The third-order valence-corrected chi connectivity index (χ3v) is 5.01. The summed E-state index contributed by atoms with van der Waals surface area (Å²) >= 11 is 0. The molecule has 3 fully saturated rings. The third kappa shape index (κ3) is 1.60. The molecule has 2 saturated carbocycles. The number of carbonyl (C=O) groups excluding carboxylic acids is 1. The minimum Gasteiger partial charge on any atom is -0.409 e. The fourth-order valence-corrected chi connectivity index (χ4v) is 3.78. The molecule has 5 nitrogen and oxygen atoms in total. The highest BCUT2D eigenvalue weighted by Crippen LogP contribution is 2.49. The van der Waals surface area contributed by atoms with Gasteiger partial charge < -0.3 is 15.8 Å². The topological polar surface area (TPSA) is 78.9 Å². The minimum atomic E-state index is -0.667. The van der Waals surface area contributed by atoms with Gasteiger partial charge in [0.05, 0.1) is 0 Å². The Hall–Kier alpha value is -1.26. The van der Waals surface area contributed by atoms with E-state index >= 15 is 0 Å². The first-order valence-electron chi connectivity index (χ1n) is 6.98. The summed E-state index contributed by atoms with van der Waals surface area (Å²) in [5.74, 6) is 0.896. The van der Waals surface area contributed by atoms with Crippen LogP contribution in [0.2, 0.25) is 0 Å². The average molecular weight is 251 g/mol. The number of oxime groups is 1. The summed E-state index contributed by atoms with van der Waals surface area (Å²) in [7, 11) is 0. The molecular formula is C13H21N3O2. The quantitative estimate of drug-likeness (QED) is 0.336. The number of amidine groups is 1. The summed E-state index contributed by atoms with van der Waals surface area (Å²) in [6.07, 6.45) is 7.43. The third-order valence-electron chi connectivity index (χ3n) is 5.01. The molecule has 5 heteroatoms. The van der Waals surface area contributed by atoms with Gasteiger partial charge in [-0.3, -0.25) is 4.79 Å². The van der Waals surface area contributed by atoms with Crippen molar-refractivity contribution in [3.8, 4) is 0 Å². The second kappa shape index (κ2) is 4.14. The lowest BCUT2D eigenvalue weighted by atomic mass is 9.90. The summed E-state index contributed by atoms with van der Waals surface area (Å²) in [6.45, 7) is 0.848. The van der Waals surface area contributed by atoms with Gasteiger partial charge in [0.2, 0.25) is 5.91 Å². The second-order valence-electron chi connectivity index (χ2n) is 5.97. The molecule has 1 saturated heterocycles. The molecule has 3 rings (SSSR count). The van der Waals surface area contributed by atoms with Gasteiger partial charge in [0, 0.05) is 12.6 Å². The zero-order valence-corrected chi connectivity index (χ0v) is 10.6. The van der Waals surface area contributed by atoms with Gasteiger partial charge in [-0.15, -0.1) is 0 Å². The molecule has 2 unspecified atom stereocenters. The zero-order valence-electron chi connectivity index (χ0n) is 10.6. The van der Waals surface area contributed by atoms with Crippen LogP contribution >= 0.6 is 0 Å². The molecule has 0 spiro atoms. The maximum Gasteiger partial charge on any atom is 0.236 e. The fourth-order valence-electron chi connectivity index (χ4n) is 3.78. The van der Waals surface area contributed by atoms with Crippen LogP contribution in [0.15, 0.2) is 5.16 Å². The van der Waals surface area contributed by atoms with Gasteiger partial charge in [0.1, 0.15) is 5.41 Å². The molecule has 3 aliphatic rings. The molecule has 2 aliphatic carbocycles. The van der Waals surface area contributed by atoms with E-state index in [2.05, 4.69) is 5.16 Å². The van der Waals surface area contributed by atoms with Crippen molar-refractivity contribution in [3.63, 3.8) is 0 Å². The molecule has 0 radical (unpaired) electrons. The first-order chi connectivity index (χ1) is 8.69. The molecule has 0 aromatic carbocycles. The number of hydrogen-bond donors (Lipinski definition) is 2. The largest absolute Gasteiger partial charge is 0.409 e. The first kappa shape index (κ1) is 11.8. The van der Waals surface area contributed by atoms with Crippen LogP contribution < -0.4 is 5.73 Å². The van der Waals surface area contributed by atoms with E-state index in [0.717, 1.165) is 32.2 Å². The van der Waals surface area contributed by atoms with Crippen molar-refractivity contribution < 1.29 is 10.0 Å². The molecule has 0 aromatic heterocycles. The molecule has 0 bridgehead atoms. The van der Waals surface area contributed by atoms with E-state index in [1.165, 1.54) is 19.3 Å². The maximum atomic E-state index is 12.7. The molecule has 2 atom stereocenters. The molecule has 0 aromatic rings. The van der Waals surface area contributed by atoms with Gasteiger partial charge in [-0.1, -0.05) is 11.6 Å². The molecule has 100 valence electrons. The normalized spacial score (nSPS) is 34.2. The first-order valence-corrected chi connectivity index (χ1v) is 6.98. The molecule has 1 aliphatic heterocycles. The SMILES string of the molecule is NC(=NO)C1(C(=O)N2CCCC3CCCC32)CC1. The highest BCUT2D eigenvalue weighted by Gasteiger charge is 2.57. The number of carbonyl (C=O) groups is 1. The Morgan fingerprint density at radius 2 is 2.00 bits per heavy atom. The van der Waals surface area contributed by atoms with Gasteiger partial charge in [-0.05, 0) is 44.4 Å². The predicted molar refractivity (Wildman–Crippen MR) is 67.2 cm³/mol. The lowest BCUT2D eigenvalue weighted by molar-refractivity contribution is -0.139. The van der Waals surface area contributed by atoms with Crippen molar-refractivity contribution in [2.75, 3.05) is 6.54 Å². The summed E-state index contributed by atoms with van der Waals surface area (Å²) in [4.78, 5) is 14.7. The van der Waals surface area contributed by atoms with Crippen LogP contribution in [0.25, 0.3) is 0 Å². The highest BCUT2D eigenvalue weighted by atomic mass is 16.4. The Kier molecular flexibility index (Phi) is 2.72. The summed E-state index contributed by atoms with van der Waals surface area (Å²) in [5, 5.41) is 11.9. The van der Waals surface area contributed by atoms with Crippen molar-refractivity contribution in [3.05, 3.63) is 0 Å². The highest BCUT2D eigenvalue weighted by molar-refractivity contribution is 6.09. The van der Waals surface area contributed by atoms with Crippen molar-refractivity contribution in [1.82, 2.24) is 4.90 Å². The monoisotopic (exact) mass is 251 g/mol. The van der Waals surface area contributed by atoms with Crippen LogP contribution in [0.1, 0.15) is 44.9 Å². The number of nitrogens with two attached hydrogens (primary N) is 1. The molecule has 1 heterocycles. The Balaban J connectivity index is 1.80. The van der Waals surface area contributed by atoms with Crippen molar-refractivity contribution in [2.45, 2.75) is 51.0 Å². The predicted octanol–water partition coefficient (Wildman–Crippen LogP) is 1.30. The average Bonchev–Trinajstić information content (AvgIpc) is 3.07. The lowest BCUT2D eigenvalue weighted by Gasteiger charge is -2.39. The van der Waals surface area contributed by atoms with Gasteiger partial charge in [0.15, 0.2) is 5.84 Å². The minimum absolute atomic E-state index is 0.104. The molecule has 3 N–H and O–H groups in total. The maximum absolute atomic E-state index is 12.7. The Bertz CT molecular complexity index is 390. The molecule has 1 amide bonds. The van der Waals surface area contributed by atoms with Crippen molar-refractivity contribution in [1.29, 1.82) is 0 Å². The van der Waals surface area contributed by atoms with Crippen molar-refractivity contribution in [2.24, 2.45) is 22.2 Å². The Morgan fingerprint density at radius 3 is 2.67 bits per heavy atom. The van der Waals surface area contributed by atoms with E-state index in [4.69, 9.17) is 10.9 Å². The van der Waals surface area contributed by atoms with Gasteiger partial charge in [-0.25, -0.2) is 0 Å². The number of piperidine rings is 1. The Labute approximate surface area is 107 Å². The van der Waals surface area contributed by atoms with Crippen LogP contribution in [-0.4, -0.2) is 34.4 Å². The van der Waals surface area contributed by atoms with E-state index in [-0.39, 0.29) is 11.7 Å². The van der Waals surface area contributed by atoms with Crippen LogP contribution in [0.4, 0.5) is 0 Å². The summed E-state index contributed by atoms with van der Waals surface area (Å²) < 4.78 is 0. The smallest absolute Gasteiger partial charge is 0.236 e. The van der Waals surface area contributed by atoms with Gasteiger partial charge >= 0.3 is 0 Å². The number of amides is 1. The van der Waals surface area contributed by atoms with Gasteiger partial charge in [0.25, 0.3) is 0 Å². The van der Waals surface area contributed by atoms with E-state index in [9.17, 15) is 4.79 Å². The van der Waals surface area contributed by atoms with E-state index in [1.807, 2.05) is 4.90 Å². The van der Waals surface area contributed by atoms with Crippen LogP contribution in [0, 0.1) is 11.3 Å². The van der Waals surface area contributed by atoms with Crippen LogP contribution in [0.3, 0.4) is 0 Å². The van der Waals surface area contributed by atoms with E-state index in [1.54, 1.807) is 0 Å². The summed E-state index contributed by atoms with van der Waals surface area (Å²) in [5.41, 5.74) is 5.04. The number of fused-ring (bicyclic) bond motifs is 1. The standard InChI is InChI=1S/C13H21N3O2/c14-11(15-18)13(6-7-13)12(17)16-8-2-4-9-3-1-5-10(9)16/h9-10,18H,1-8H2,(H2,14,15). The number of likely N-dealkylation sites (tertiary alicyclic amines) is 1. The van der Waals surface area contributed by atoms with E-state index < -0.39 is 5.41 Å². The van der Waals surface area contributed by atoms with Gasteiger partial charge in [-0.2, -0.15) is 0 Å². The Morgan fingerprint density at radius 1 is 1.28 bits per heavy atom. The molecule has 18 heavy (non-hydrogen) atoms. The fraction of sp³-hybridized carbons (Fsp3) is 0.846. The summed E-state index contributed by atoms with van der Waals surface area (Å²) in [6, 6.07) is 0.412. The number of rotatable bonds is 2. The lowest BCUT2D eigenvalue weighted by Crippen LogP contribution is -2.51. The number of hydrogen-bond acceptors (Lipinski definition) is 3. The van der Waals surface area contributed by atoms with Crippen molar-refractivity contribution >= 4 is 11.7 Å². The van der Waals surface area contributed by atoms with Crippen LogP contribution in [0.5, 0.6) is 0 Å². The zero-order chi connectivity index (χ0) is 12.8. The number of nitrogens with zero attached hydrogens (tertiary/aromatic N) is 2.